The number of rotatable bonds is 2. The van der Waals surface area contributed by atoms with Crippen molar-refractivity contribution in [1.29, 1.82) is 0 Å². The van der Waals surface area contributed by atoms with Crippen LogP contribution in [0.1, 0.15) is 40.5 Å². The molecule has 6 heteroatoms. The first kappa shape index (κ1) is 15.2. The van der Waals surface area contributed by atoms with Gasteiger partial charge in [-0.05, 0) is 30.1 Å². The zero-order valence-corrected chi connectivity index (χ0v) is 14.5. The van der Waals surface area contributed by atoms with Crippen LogP contribution in [0.3, 0.4) is 0 Å². The molecular formula is C17H26BNO4. The van der Waals surface area contributed by atoms with E-state index in [1.807, 2.05) is 6.92 Å². The van der Waals surface area contributed by atoms with Crippen molar-refractivity contribution in [2.75, 3.05) is 13.1 Å². The molecule has 2 aliphatic heterocycles. The van der Waals surface area contributed by atoms with Crippen LogP contribution in [0.4, 0.5) is 0 Å². The Bertz CT molecular complexity index is 608. The van der Waals surface area contributed by atoms with Crippen LogP contribution < -0.4 is 0 Å². The van der Waals surface area contributed by atoms with Gasteiger partial charge < -0.3 is 13.7 Å². The van der Waals surface area contributed by atoms with Crippen molar-refractivity contribution in [1.82, 2.24) is 0 Å². The van der Waals surface area contributed by atoms with Crippen molar-refractivity contribution < 1.29 is 23.3 Å². The van der Waals surface area contributed by atoms with Crippen molar-refractivity contribution in [3.05, 3.63) is 12.1 Å². The highest BCUT2D eigenvalue weighted by molar-refractivity contribution is 6.73. The molecule has 5 fully saturated rings. The molecule has 126 valence electrons. The number of hydrogen-bond acceptors (Lipinski definition) is 4. The standard InChI is InChI=1S/C17H26BNO4/c1-10(2)18-19(8-15(20)22-18,9-16(21)23-18)14-7-12-6-13(11(14)3)17(12,4)5/h11-14H,1,6-9H2,2-5H3/t11-,12+,13?,14?,18?,19?/m1/s1. The van der Waals surface area contributed by atoms with Crippen molar-refractivity contribution >= 4 is 18.6 Å². The number of allylic oxidation sites excluding steroid dienone is 1. The summed E-state index contributed by atoms with van der Waals surface area (Å²) in [7, 11) is 0. The average Bonchev–Trinajstić information content (AvgIpc) is 2.86. The fourth-order valence-corrected chi connectivity index (χ4v) is 6.37. The monoisotopic (exact) mass is 319 g/mol. The predicted octanol–water partition coefficient (Wildman–Crippen LogP) is 2.04. The summed E-state index contributed by atoms with van der Waals surface area (Å²) in [6, 6.07) is 0.237. The smallest absolute Gasteiger partial charge is 0.596 e. The van der Waals surface area contributed by atoms with Crippen LogP contribution in [0.15, 0.2) is 12.1 Å². The van der Waals surface area contributed by atoms with Gasteiger partial charge in [-0.1, -0.05) is 33.2 Å². The maximum Gasteiger partial charge on any atom is 0.610 e. The molecule has 0 aromatic rings. The summed E-state index contributed by atoms with van der Waals surface area (Å²) in [4.78, 5) is 24.4. The molecule has 2 heterocycles. The normalized spacial score (nSPS) is 49.9. The summed E-state index contributed by atoms with van der Waals surface area (Å²) in [6.07, 6.45) is 2.30. The van der Waals surface area contributed by atoms with E-state index in [1.54, 1.807) is 0 Å². The molecule has 3 aliphatic carbocycles. The summed E-state index contributed by atoms with van der Waals surface area (Å²) < 4.78 is 11.7. The summed E-state index contributed by atoms with van der Waals surface area (Å²) >= 11 is 0. The van der Waals surface area contributed by atoms with Crippen LogP contribution in [0.5, 0.6) is 0 Å². The Balaban J connectivity index is 1.78. The Labute approximate surface area is 137 Å². The third-order valence-electron chi connectivity index (χ3n) is 7.70. The summed E-state index contributed by atoms with van der Waals surface area (Å²) in [5.74, 6) is 1.23. The maximum atomic E-state index is 12.2. The molecule has 5 rings (SSSR count). The number of nitrogens with zero attached hydrogens (tertiary/aromatic N) is 1. The Morgan fingerprint density at radius 3 is 2.22 bits per heavy atom. The highest BCUT2D eigenvalue weighted by Crippen LogP contribution is 2.64. The van der Waals surface area contributed by atoms with Gasteiger partial charge in [0.25, 0.3) is 0 Å². The second kappa shape index (κ2) is 4.21. The van der Waals surface area contributed by atoms with Crippen LogP contribution >= 0.6 is 0 Å². The van der Waals surface area contributed by atoms with Gasteiger partial charge in [-0.3, -0.25) is 9.59 Å². The fraction of sp³-hybridized carbons (Fsp3) is 0.765. The van der Waals surface area contributed by atoms with Gasteiger partial charge in [0.15, 0.2) is 0 Å². The lowest BCUT2D eigenvalue weighted by Crippen LogP contribution is -2.73. The van der Waals surface area contributed by atoms with Gasteiger partial charge in [-0.25, -0.2) is 0 Å². The van der Waals surface area contributed by atoms with E-state index < -0.39 is 6.69 Å². The number of hydrogen-bond donors (Lipinski definition) is 0. The molecule has 2 saturated heterocycles. The Morgan fingerprint density at radius 2 is 1.78 bits per heavy atom. The Hall–Kier alpha value is -1.30. The van der Waals surface area contributed by atoms with Crippen molar-refractivity contribution in [3.8, 4) is 0 Å². The molecule has 0 aromatic heterocycles. The second-order valence-electron chi connectivity index (χ2n) is 8.94. The molecule has 3 saturated carbocycles. The highest BCUT2D eigenvalue weighted by atomic mass is 16.7. The predicted molar refractivity (Wildman–Crippen MR) is 85.7 cm³/mol. The number of carbonyl (C=O) groups is 2. The molecule has 4 atom stereocenters. The van der Waals surface area contributed by atoms with Gasteiger partial charge in [-0.15, -0.1) is 6.58 Å². The van der Waals surface area contributed by atoms with Gasteiger partial charge in [0.2, 0.25) is 0 Å². The lowest BCUT2D eigenvalue weighted by atomic mass is 9.43. The molecule has 5 aliphatic rings. The minimum atomic E-state index is -2.10. The first-order valence-corrected chi connectivity index (χ1v) is 8.74. The van der Waals surface area contributed by atoms with Crippen LogP contribution in [0, 0.1) is 23.2 Å². The van der Waals surface area contributed by atoms with E-state index in [0.717, 1.165) is 6.42 Å². The summed E-state index contributed by atoms with van der Waals surface area (Å²) in [5.41, 5.74) is 1.04. The zero-order valence-electron chi connectivity index (χ0n) is 14.5. The summed E-state index contributed by atoms with van der Waals surface area (Å²) in [5, 5.41) is 0. The van der Waals surface area contributed by atoms with E-state index in [2.05, 4.69) is 27.4 Å². The van der Waals surface area contributed by atoms with E-state index in [0.29, 0.717) is 33.0 Å². The average molecular weight is 319 g/mol. The minimum Gasteiger partial charge on any atom is -0.596 e. The molecule has 2 unspecified atom stereocenters. The summed E-state index contributed by atoms with van der Waals surface area (Å²) in [6.45, 7) is 11.2. The van der Waals surface area contributed by atoms with Crippen molar-refractivity contribution in [2.24, 2.45) is 23.2 Å². The third kappa shape index (κ3) is 1.58. The number of fused-ring (bicyclic) bond motifs is 4. The van der Waals surface area contributed by atoms with Gasteiger partial charge in [0.1, 0.15) is 13.1 Å². The van der Waals surface area contributed by atoms with Crippen molar-refractivity contribution in [2.45, 2.75) is 46.6 Å². The van der Waals surface area contributed by atoms with E-state index in [1.165, 1.54) is 6.42 Å². The second-order valence-corrected chi connectivity index (χ2v) is 8.94. The van der Waals surface area contributed by atoms with Gasteiger partial charge >= 0.3 is 18.6 Å². The van der Waals surface area contributed by atoms with E-state index in [4.69, 9.17) is 9.31 Å². The zero-order chi connectivity index (χ0) is 16.8. The minimum absolute atomic E-state index is 0.237. The largest absolute Gasteiger partial charge is 0.610 e. The van der Waals surface area contributed by atoms with Crippen LogP contribution in [0.2, 0.25) is 0 Å². The van der Waals surface area contributed by atoms with Crippen molar-refractivity contribution in [3.63, 3.8) is 0 Å². The maximum absolute atomic E-state index is 12.2. The van der Waals surface area contributed by atoms with Gasteiger partial charge in [-0.2, -0.15) is 0 Å². The lowest BCUT2D eigenvalue weighted by molar-refractivity contribution is -0.850. The fourth-order valence-electron chi connectivity index (χ4n) is 6.37. The van der Waals surface area contributed by atoms with Crippen LogP contribution in [-0.2, 0) is 18.9 Å². The molecule has 0 spiro atoms. The molecule has 0 N–H and O–H groups in total. The first-order valence-electron chi connectivity index (χ1n) is 8.74. The highest BCUT2D eigenvalue weighted by Gasteiger charge is 2.73. The first-order chi connectivity index (χ1) is 10.6. The van der Waals surface area contributed by atoms with E-state index >= 15 is 0 Å². The molecular weight excluding hydrogens is 293 g/mol. The Kier molecular flexibility index (Phi) is 2.79. The topological polar surface area (TPSA) is 52.6 Å². The lowest BCUT2D eigenvalue weighted by Gasteiger charge is -2.66. The molecule has 23 heavy (non-hydrogen) atoms. The van der Waals surface area contributed by atoms with Gasteiger partial charge in [0, 0.05) is 5.92 Å². The van der Waals surface area contributed by atoms with Crippen LogP contribution in [0.25, 0.3) is 0 Å². The Morgan fingerprint density at radius 1 is 1.22 bits per heavy atom. The molecule has 0 aromatic carbocycles. The van der Waals surface area contributed by atoms with E-state index in [9.17, 15) is 9.59 Å². The molecule has 5 nitrogen and oxygen atoms in total. The molecule has 0 amide bonds. The SMILES string of the molecule is C=C(C)[B-]12OC(=O)C[N+]1(C1C[C@@H]3CC([C@H]1C)C3(C)C)CC(=O)O2. The van der Waals surface area contributed by atoms with Gasteiger partial charge in [0.05, 0.1) is 6.04 Å². The third-order valence-corrected chi connectivity index (χ3v) is 7.70. The quantitative estimate of drug-likeness (QED) is 0.731. The van der Waals surface area contributed by atoms with Crippen LogP contribution in [-0.4, -0.2) is 42.2 Å². The van der Waals surface area contributed by atoms with E-state index in [-0.39, 0.29) is 31.1 Å². The molecule has 2 bridgehead atoms. The molecule has 0 radical (unpaired) electrons. The number of quaternary nitrogens is 1. The number of carbonyl (C=O) groups excluding carboxylic acids is 2.